The zero-order valence-corrected chi connectivity index (χ0v) is 23.7. The highest BCUT2D eigenvalue weighted by Gasteiger charge is 2.38. The molecular formula is C30H34F3N3O5. The highest BCUT2D eigenvalue weighted by molar-refractivity contribution is 6.10. The number of aromatic hydroxyl groups is 1. The number of phenolic OH excluding ortho intramolecular Hbond substituents is 1. The summed E-state index contributed by atoms with van der Waals surface area (Å²) in [5.74, 6) is -3.37. The zero-order valence-electron chi connectivity index (χ0n) is 23.7. The van der Waals surface area contributed by atoms with Crippen LogP contribution in [0, 0.1) is 0 Å². The summed E-state index contributed by atoms with van der Waals surface area (Å²) < 4.78 is 31.7. The number of aliphatic carboxylic acids is 1. The summed E-state index contributed by atoms with van der Waals surface area (Å²) in [6.45, 7) is 12.1. The molecule has 11 heteroatoms. The van der Waals surface area contributed by atoms with Crippen molar-refractivity contribution in [1.29, 1.82) is 0 Å². The molecular weight excluding hydrogens is 539 g/mol. The summed E-state index contributed by atoms with van der Waals surface area (Å²) in [4.78, 5) is 42.1. The molecule has 1 heterocycles. The van der Waals surface area contributed by atoms with Crippen molar-refractivity contribution in [2.75, 3.05) is 4.90 Å². The molecule has 0 saturated carbocycles. The molecule has 0 radical (unpaired) electrons. The quantitative estimate of drug-likeness (QED) is 0.343. The number of carbonyl (C=O) groups is 3. The Morgan fingerprint density at radius 2 is 1.41 bits per heavy atom. The van der Waals surface area contributed by atoms with Crippen molar-refractivity contribution < 1.29 is 37.8 Å². The third-order valence-corrected chi connectivity index (χ3v) is 5.59. The number of hydrogen-bond acceptors (Lipinski definition) is 5. The lowest BCUT2D eigenvalue weighted by Crippen LogP contribution is -2.49. The van der Waals surface area contributed by atoms with Crippen LogP contribution in [0.4, 0.5) is 18.9 Å². The molecule has 0 aliphatic rings. The lowest BCUT2D eigenvalue weighted by Gasteiger charge is -2.34. The lowest BCUT2D eigenvalue weighted by molar-refractivity contribution is -0.192. The molecule has 0 aliphatic carbocycles. The highest BCUT2D eigenvalue weighted by Crippen LogP contribution is 2.32. The molecule has 2 amide bonds. The monoisotopic (exact) mass is 573 g/mol. The first-order valence-corrected chi connectivity index (χ1v) is 12.6. The first-order chi connectivity index (χ1) is 18.8. The molecule has 3 aromatic rings. The minimum Gasteiger partial charge on any atom is -0.508 e. The molecule has 220 valence electrons. The van der Waals surface area contributed by atoms with E-state index in [1.807, 2.05) is 45.0 Å². The third-order valence-electron chi connectivity index (χ3n) is 5.59. The van der Waals surface area contributed by atoms with Crippen LogP contribution < -0.4 is 10.2 Å². The molecule has 1 unspecified atom stereocenters. The van der Waals surface area contributed by atoms with Gasteiger partial charge in [0.05, 0.1) is 0 Å². The number of nitrogens with one attached hydrogen (secondary N) is 1. The Labute approximate surface area is 236 Å². The molecule has 1 aromatic heterocycles. The van der Waals surface area contributed by atoms with Crippen LogP contribution in [0.5, 0.6) is 5.75 Å². The van der Waals surface area contributed by atoms with Gasteiger partial charge in [-0.2, -0.15) is 13.2 Å². The van der Waals surface area contributed by atoms with Crippen LogP contribution in [0.15, 0.2) is 73.1 Å². The van der Waals surface area contributed by atoms with Crippen molar-refractivity contribution in [3.8, 4) is 5.75 Å². The smallest absolute Gasteiger partial charge is 0.490 e. The molecule has 0 fully saturated rings. The predicted molar refractivity (Wildman–Crippen MR) is 149 cm³/mol. The average Bonchev–Trinajstić information content (AvgIpc) is 2.86. The Bertz CT molecular complexity index is 1330. The number of carboxylic acids is 1. The second-order valence-corrected chi connectivity index (χ2v) is 11.2. The average molecular weight is 574 g/mol. The molecule has 41 heavy (non-hydrogen) atoms. The minimum absolute atomic E-state index is 0.0588. The summed E-state index contributed by atoms with van der Waals surface area (Å²) >= 11 is 0. The Kier molecular flexibility index (Phi) is 10.3. The van der Waals surface area contributed by atoms with Crippen molar-refractivity contribution in [2.45, 2.75) is 64.7 Å². The molecule has 8 nitrogen and oxygen atoms in total. The fraction of sp³-hybridized carbons (Fsp3) is 0.333. The number of halogens is 3. The van der Waals surface area contributed by atoms with Gasteiger partial charge in [-0.05, 0) is 74.2 Å². The van der Waals surface area contributed by atoms with E-state index in [0.717, 1.165) is 5.56 Å². The van der Waals surface area contributed by atoms with Gasteiger partial charge < -0.3 is 15.5 Å². The highest BCUT2D eigenvalue weighted by atomic mass is 19.4. The fourth-order valence-electron chi connectivity index (χ4n) is 3.64. The van der Waals surface area contributed by atoms with Crippen molar-refractivity contribution in [1.82, 2.24) is 10.3 Å². The van der Waals surface area contributed by atoms with Crippen molar-refractivity contribution in [3.05, 3.63) is 89.7 Å². The van der Waals surface area contributed by atoms with Gasteiger partial charge in [-0.1, -0.05) is 39.0 Å². The van der Waals surface area contributed by atoms with E-state index in [9.17, 15) is 27.9 Å². The van der Waals surface area contributed by atoms with Gasteiger partial charge in [0, 0.05) is 34.7 Å². The number of pyridine rings is 1. The maximum Gasteiger partial charge on any atom is 0.490 e. The van der Waals surface area contributed by atoms with Crippen molar-refractivity contribution in [2.24, 2.45) is 0 Å². The second-order valence-electron chi connectivity index (χ2n) is 11.2. The van der Waals surface area contributed by atoms with E-state index in [-0.39, 0.29) is 23.0 Å². The van der Waals surface area contributed by atoms with Crippen LogP contribution >= 0.6 is 0 Å². The first kappa shape index (κ1) is 32.8. The number of alkyl halides is 3. The maximum atomic E-state index is 13.9. The van der Waals surface area contributed by atoms with E-state index >= 15 is 0 Å². The largest absolute Gasteiger partial charge is 0.508 e. The van der Waals surface area contributed by atoms with Gasteiger partial charge >= 0.3 is 12.1 Å². The van der Waals surface area contributed by atoms with E-state index in [2.05, 4.69) is 31.1 Å². The lowest BCUT2D eigenvalue weighted by atomic mass is 9.87. The van der Waals surface area contributed by atoms with Crippen LogP contribution in [0.2, 0.25) is 0 Å². The van der Waals surface area contributed by atoms with Crippen LogP contribution in [0.25, 0.3) is 0 Å². The van der Waals surface area contributed by atoms with Crippen LogP contribution in [-0.2, 0) is 15.0 Å². The van der Waals surface area contributed by atoms with E-state index in [1.165, 1.54) is 17.0 Å². The number of rotatable bonds is 5. The Balaban J connectivity index is 0.000000745. The molecule has 0 bridgehead atoms. The summed E-state index contributed by atoms with van der Waals surface area (Å²) in [5.41, 5.74) is 2.10. The summed E-state index contributed by atoms with van der Waals surface area (Å²) in [7, 11) is 0. The first-order valence-electron chi connectivity index (χ1n) is 12.6. The van der Waals surface area contributed by atoms with Gasteiger partial charge in [0.15, 0.2) is 0 Å². The van der Waals surface area contributed by atoms with Gasteiger partial charge in [0.1, 0.15) is 11.8 Å². The molecule has 0 saturated heterocycles. The van der Waals surface area contributed by atoms with Gasteiger partial charge in [0.25, 0.3) is 5.91 Å². The molecule has 0 aliphatic heterocycles. The number of carbonyl (C=O) groups excluding carboxylic acids is 2. The topological polar surface area (TPSA) is 120 Å². The molecule has 3 N–H and O–H groups in total. The number of benzene rings is 2. The third kappa shape index (κ3) is 9.63. The summed E-state index contributed by atoms with van der Waals surface area (Å²) in [6, 6.07) is 16.3. The van der Waals surface area contributed by atoms with Gasteiger partial charge in [-0.25, -0.2) is 4.79 Å². The fourth-order valence-corrected chi connectivity index (χ4v) is 3.64. The zero-order chi connectivity index (χ0) is 31.2. The standard InChI is InChI=1S/C28H33N3O3.C2HF3O2/c1-27(2,3)21-11-13-22(14-12-21)31(26(34)19-9-15-23(32)16-10-19)24(20-8-7-17-29-18-20)25(33)30-28(4,5)6;3-2(4,5)1(6)7/h7-18,24,32H,1-6H3,(H,30,33);(H,6,7). The van der Waals surface area contributed by atoms with Crippen LogP contribution in [0.1, 0.15) is 69.1 Å². The van der Waals surface area contributed by atoms with Gasteiger partial charge in [0.2, 0.25) is 5.91 Å². The number of nitrogens with zero attached hydrogens (tertiary/aromatic N) is 2. The second kappa shape index (κ2) is 12.8. The van der Waals surface area contributed by atoms with E-state index < -0.39 is 23.7 Å². The molecule has 1 atom stereocenters. The predicted octanol–water partition coefficient (Wildman–Crippen LogP) is 6.02. The molecule has 0 spiro atoms. The number of carboxylic acid groups (broad SMARTS) is 1. The SMILES string of the molecule is CC(C)(C)NC(=O)C(c1cccnc1)N(C(=O)c1ccc(O)cc1)c1ccc(C(C)(C)C)cc1.O=C(O)C(F)(F)F. The van der Waals surface area contributed by atoms with E-state index in [4.69, 9.17) is 9.90 Å². The van der Waals surface area contributed by atoms with Crippen LogP contribution in [0.3, 0.4) is 0 Å². The molecule has 3 rings (SSSR count). The normalized spacial score (nSPS) is 12.4. The number of hydrogen-bond donors (Lipinski definition) is 3. The maximum absolute atomic E-state index is 13.9. The number of aromatic nitrogens is 1. The van der Waals surface area contributed by atoms with Crippen molar-refractivity contribution in [3.63, 3.8) is 0 Å². The number of amides is 2. The minimum atomic E-state index is -5.08. The Morgan fingerprint density at radius 1 is 0.878 bits per heavy atom. The van der Waals surface area contributed by atoms with Gasteiger partial charge in [-0.3, -0.25) is 19.5 Å². The summed E-state index contributed by atoms with van der Waals surface area (Å²) in [6.07, 6.45) is -1.85. The number of phenols is 1. The van der Waals surface area contributed by atoms with E-state index in [0.29, 0.717) is 16.8 Å². The van der Waals surface area contributed by atoms with Crippen LogP contribution in [-0.4, -0.2) is 44.7 Å². The molecule has 2 aromatic carbocycles. The summed E-state index contributed by atoms with van der Waals surface area (Å²) in [5, 5.41) is 19.9. The number of anilines is 1. The van der Waals surface area contributed by atoms with E-state index in [1.54, 1.807) is 36.7 Å². The Hall–Kier alpha value is -4.41. The Morgan fingerprint density at radius 3 is 1.83 bits per heavy atom. The van der Waals surface area contributed by atoms with Gasteiger partial charge in [-0.15, -0.1) is 0 Å². The van der Waals surface area contributed by atoms with Crippen molar-refractivity contribution >= 4 is 23.5 Å².